The number of rotatable bonds is 4. The molecule has 0 radical (unpaired) electrons. The summed E-state index contributed by atoms with van der Waals surface area (Å²) in [5, 5.41) is 8.74. The summed E-state index contributed by atoms with van der Waals surface area (Å²) in [6, 6.07) is 8.18. The fourth-order valence-electron chi connectivity index (χ4n) is 2.80. The third-order valence-electron chi connectivity index (χ3n) is 3.79. The molecule has 1 aromatic carbocycles. The Balaban J connectivity index is 1.99. The molecule has 21 heavy (non-hydrogen) atoms. The van der Waals surface area contributed by atoms with Gasteiger partial charge in [-0.1, -0.05) is 6.92 Å². The van der Waals surface area contributed by atoms with E-state index >= 15 is 0 Å². The molecule has 1 aliphatic rings. The van der Waals surface area contributed by atoms with Crippen molar-refractivity contribution in [2.75, 3.05) is 25.4 Å². The average Bonchev–Trinajstić information content (AvgIpc) is 2.44. The first-order chi connectivity index (χ1) is 9.90. The van der Waals surface area contributed by atoms with Crippen LogP contribution in [-0.2, 0) is 9.84 Å². The van der Waals surface area contributed by atoms with Gasteiger partial charge in [-0.05, 0) is 36.6 Å². The SMILES string of the molecule is CC1CC(N)CN(CCS(=O)(=O)c2ccc(C#N)cc2)C1. The first-order valence-corrected chi connectivity index (χ1v) is 8.77. The Labute approximate surface area is 126 Å². The predicted molar refractivity (Wildman–Crippen MR) is 81.4 cm³/mol. The van der Waals surface area contributed by atoms with E-state index in [2.05, 4.69) is 11.8 Å². The van der Waals surface area contributed by atoms with E-state index in [1.807, 2.05) is 6.07 Å². The second-order valence-corrected chi connectivity index (χ2v) is 7.92. The van der Waals surface area contributed by atoms with Crippen molar-refractivity contribution in [2.24, 2.45) is 11.7 Å². The van der Waals surface area contributed by atoms with Crippen LogP contribution in [0.1, 0.15) is 18.9 Å². The molecule has 1 saturated heterocycles. The Morgan fingerprint density at radius 3 is 2.57 bits per heavy atom. The number of hydrogen-bond acceptors (Lipinski definition) is 5. The van der Waals surface area contributed by atoms with Gasteiger partial charge in [-0.15, -0.1) is 0 Å². The quantitative estimate of drug-likeness (QED) is 0.896. The summed E-state index contributed by atoms with van der Waals surface area (Å²) in [4.78, 5) is 2.40. The number of likely N-dealkylation sites (tertiary alicyclic amines) is 1. The van der Waals surface area contributed by atoms with Crippen molar-refractivity contribution in [3.05, 3.63) is 29.8 Å². The Hall–Kier alpha value is -1.42. The fourth-order valence-corrected chi connectivity index (χ4v) is 4.08. The van der Waals surface area contributed by atoms with Crippen LogP contribution in [-0.4, -0.2) is 44.7 Å². The van der Waals surface area contributed by atoms with Crippen LogP contribution >= 0.6 is 0 Å². The highest BCUT2D eigenvalue weighted by molar-refractivity contribution is 7.91. The third-order valence-corrected chi connectivity index (χ3v) is 5.50. The van der Waals surface area contributed by atoms with E-state index in [9.17, 15) is 8.42 Å². The van der Waals surface area contributed by atoms with E-state index in [1.165, 1.54) is 24.3 Å². The van der Waals surface area contributed by atoms with Gasteiger partial charge in [0.15, 0.2) is 9.84 Å². The van der Waals surface area contributed by atoms with Gasteiger partial charge in [-0.2, -0.15) is 5.26 Å². The first kappa shape index (κ1) is 16.0. The second kappa shape index (κ2) is 6.56. The Kier molecular flexibility index (Phi) is 4.99. The number of hydrogen-bond donors (Lipinski definition) is 1. The monoisotopic (exact) mass is 307 g/mol. The van der Waals surface area contributed by atoms with Crippen molar-refractivity contribution in [1.82, 2.24) is 4.90 Å². The van der Waals surface area contributed by atoms with Crippen LogP contribution in [0.2, 0.25) is 0 Å². The minimum atomic E-state index is -3.31. The standard InChI is InChI=1S/C15H21N3O2S/c1-12-8-14(17)11-18(10-12)6-7-21(19,20)15-4-2-13(9-16)3-5-15/h2-5,12,14H,6-8,10-11,17H2,1H3. The van der Waals surface area contributed by atoms with Gasteiger partial charge in [-0.25, -0.2) is 8.42 Å². The molecular formula is C15H21N3O2S. The number of benzene rings is 1. The van der Waals surface area contributed by atoms with Crippen LogP contribution in [0.4, 0.5) is 0 Å². The van der Waals surface area contributed by atoms with Crippen molar-refractivity contribution < 1.29 is 8.42 Å². The topological polar surface area (TPSA) is 87.2 Å². The van der Waals surface area contributed by atoms with Crippen molar-refractivity contribution in [1.29, 1.82) is 5.26 Å². The normalized spacial score (nSPS) is 23.7. The zero-order chi connectivity index (χ0) is 15.5. The summed E-state index contributed by atoms with van der Waals surface area (Å²) in [5.74, 6) is 0.588. The van der Waals surface area contributed by atoms with Gasteiger partial charge in [0.2, 0.25) is 0 Å². The van der Waals surface area contributed by atoms with Gasteiger partial charge in [-0.3, -0.25) is 0 Å². The Morgan fingerprint density at radius 1 is 1.33 bits per heavy atom. The number of piperidine rings is 1. The molecule has 0 spiro atoms. The lowest BCUT2D eigenvalue weighted by molar-refractivity contribution is 0.174. The number of sulfone groups is 1. The van der Waals surface area contributed by atoms with E-state index in [4.69, 9.17) is 11.0 Å². The minimum absolute atomic E-state index is 0.0817. The molecule has 2 N–H and O–H groups in total. The predicted octanol–water partition coefficient (Wildman–Crippen LogP) is 1.00. The molecule has 1 aromatic rings. The third kappa shape index (κ3) is 4.27. The summed E-state index contributed by atoms with van der Waals surface area (Å²) >= 11 is 0. The van der Waals surface area contributed by atoms with E-state index in [1.54, 1.807) is 0 Å². The lowest BCUT2D eigenvalue weighted by Gasteiger charge is -2.34. The molecular weight excluding hydrogens is 286 g/mol. The van der Waals surface area contributed by atoms with Crippen LogP contribution in [0.5, 0.6) is 0 Å². The van der Waals surface area contributed by atoms with Crippen LogP contribution in [0.25, 0.3) is 0 Å². The maximum absolute atomic E-state index is 12.3. The summed E-state index contributed by atoms with van der Waals surface area (Å²) in [6.45, 7) is 4.30. The highest BCUT2D eigenvalue weighted by Crippen LogP contribution is 2.17. The largest absolute Gasteiger partial charge is 0.327 e. The van der Waals surface area contributed by atoms with E-state index in [0.717, 1.165) is 19.5 Å². The number of nitrogens with two attached hydrogens (primary N) is 1. The average molecular weight is 307 g/mol. The van der Waals surface area contributed by atoms with Crippen LogP contribution < -0.4 is 5.73 Å². The molecule has 0 amide bonds. The molecule has 1 fully saturated rings. The van der Waals surface area contributed by atoms with Crippen molar-refractivity contribution in [3.63, 3.8) is 0 Å². The molecule has 5 nitrogen and oxygen atoms in total. The highest BCUT2D eigenvalue weighted by atomic mass is 32.2. The van der Waals surface area contributed by atoms with Crippen molar-refractivity contribution >= 4 is 9.84 Å². The summed E-state index contributed by atoms with van der Waals surface area (Å²) in [5.41, 5.74) is 6.44. The van der Waals surface area contributed by atoms with Gasteiger partial charge in [0.05, 0.1) is 22.3 Å². The minimum Gasteiger partial charge on any atom is -0.327 e. The van der Waals surface area contributed by atoms with Gasteiger partial charge in [0, 0.05) is 25.7 Å². The summed E-state index contributed by atoms with van der Waals surface area (Å²) < 4.78 is 24.6. The smallest absolute Gasteiger partial charge is 0.179 e. The Morgan fingerprint density at radius 2 is 2.00 bits per heavy atom. The lowest BCUT2D eigenvalue weighted by Crippen LogP contribution is -2.47. The molecule has 1 heterocycles. The maximum Gasteiger partial charge on any atom is 0.179 e. The van der Waals surface area contributed by atoms with Crippen LogP contribution in [0.3, 0.4) is 0 Å². The summed E-state index contributed by atoms with van der Waals surface area (Å²) in [7, 11) is -3.31. The molecule has 0 saturated carbocycles. The fraction of sp³-hybridized carbons (Fsp3) is 0.533. The zero-order valence-electron chi connectivity index (χ0n) is 12.2. The second-order valence-electron chi connectivity index (χ2n) is 5.82. The zero-order valence-corrected chi connectivity index (χ0v) is 13.0. The molecule has 114 valence electrons. The molecule has 6 heteroatoms. The van der Waals surface area contributed by atoms with Crippen LogP contribution in [0, 0.1) is 17.2 Å². The van der Waals surface area contributed by atoms with Crippen molar-refractivity contribution in [3.8, 4) is 6.07 Å². The molecule has 0 bridgehead atoms. The lowest BCUT2D eigenvalue weighted by atomic mass is 9.97. The maximum atomic E-state index is 12.3. The number of nitrogens with zero attached hydrogens (tertiary/aromatic N) is 2. The van der Waals surface area contributed by atoms with Gasteiger partial charge in [0.1, 0.15) is 0 Å². The summed E-state index contributed by atoms with van der Waals surface area (Å²) in [6.07, 6.45) is 0.999. The first-order valence-electron chi connectivity index (χ1n) is 7.11. The molecule has 0 aromatic heterocycles. The molecule has 0 aliphatic carbocycles. The van der Waals surface area contributed by atoms with E-state index < -0.39 is 9.84 Å². The van der Waals surface area contributed by atoms with Gasteiger partial charge >= 0.3 is 0 Å². The highest BCUT2D eigenvalue weighted by Gasteiger charge is 2.24. The number of nitriles is 1. The molecule has 2 rings (SSSR count). The van der Waals surface area contributed by atoms with Gasteiger partial charge < -0.3 is 10.6 Å². The van der Waals surface area contributed by atoms with Gasteiger partial charge in [0.25, 0.3) is 0 Å². The van der Waals surface area contributed by atoms with E-state index in [0.29, 0.717) is 18.0 Å². The molecule has 2 unspecified atom stereocenters. The Bertz CT molecular complexity index is 609. The molecule has 1 aliphatic heterocycles. The van der Waals surface area contributed by atoms with Crippen LogP contribution in [0.15, 0.2) is 29.2 Å². The van der Waals surface area contributed by atoms with Crippen molar-refractivity contribution in [2.45, 2.75) is 24.3 Å². The molecule has 2 atom stereocenters. The van der Waals surface area contributed by atoms with E-state index in [-0.39, 0.29) is 16.7 Å².